The van der Waals surface area contributed by atoms with E-state index in [1.807, 2.05) is 36.5 Å². The fourth-order valence-corrected chi connectivity index (χ4v) is 3.03. The van der Waals surface area contributed by atoms with Gasteiger partial charge in [0.2, 0.25) is 0 Å². The third kappa shape index (κ3) is 8.22. The zero-order valence-corrected chi connectivity index (χ0v) is 17.8. The summed E-state index contributed by atoms with van der Waals surface area (Å²) in [7, 11) is 0. The third-order valence-electron chi connectivity index (χ3n) is 4.41. The molecule has 27 heavy (non-hydrogen) atoms. The second-order valence-corrected chi connectivity index (χ2v) is 6.75. The molecule has 0 fully saturated rings. The van der Waals surface area contributed by atoms with Crippen molar-refractivity contribution in [2.75, 3.05) is 0 Å². The van der Waals surface area contributed by atoms with Gasteiger partial charge in [-0.3, -0.25) is 9.98 Å². The predicted octanol–water partition coefficient (Wildman–Crippen LogP) is 7.25. The Bertz CT molecular complexity index is 720. The Morgan fingerprint density at radius 1 is 0.815 bits per heavy atom. The van der Waals surface area contributed by atoms with Crippen molar-refractivity contribution >= 4 is 23.3 Å². The van der Waals surface area contributed by atoms with Crippen LogP contribution in [-0.4, -0.2) is 11.9 Å². The first kappa shape index (κ1) is 23.3. The van der Waals surface area contributed by atoms with Crippen LogP contribution in [0.1, 0.15) is 64.0 Å². The van der Waals surface area contributed by atoms with E-state index in [1.165, 1.54) is 24.0 Å². The van der Waals surface area contributed by atoms with E-state index < -0.39 is 0 Å². The van der Waals surface area contributed by atoms with Crippen molar-refractivity contribution in [1.82, 2.24) is 0 Å². The molecule has 0 radical (unpaired) electrons. The summed E-state index contributed by atoms with van der Waals surface area (Å²) in [6, 6.07) is 16.8. The van der Waals surface area contributed by atoms with Crippen molar-refractivity contribution in [2.24, 2.45) is 9.98 Å². The van der Waals surface area contributed by atoms with Crippen LogP contribution in [0.15, 0.2) is 58.5 Å². The van der Waals surface area contributed by atoms with Gasteiger partial charge in [0, 0.05) is 22.7 Å². The molecule has 0 unspecified atom stereocenters. The summed E-state index contributed by atoms with van der Waals surface area (Å²) in [5.41, 5.74) is 6.01. The van der Waals surface area contributed by atoms with Gasteiger partial charge in [-0.05, 0) is 61.1 Å². The Balaban J connectivity index is 0.00000364. The van der Waals surface area contributed by atoms with Gasteiger partial charge < -0.3 is 0 Å². The van der Waals surface area contributed by atoms with Crippen molar-refractivity contribution in [3.05, 3.63) is 59.7 Å². The molecule has 0 N–H and O–H groups in total. The Morgan fingerprint density at radius 2 is 1.52 bits per heavy atom. The molecule has 2 nitrogen and oxygen atoms in total. The van der Waals surface area contributed by atoms with E-state index in [4.69, 9.17) is 4.99 Å². The number of benzene rings is 2. The molecule has 0 saturated heterocycles. The van der Waals surface area contributed by atoms with E-state index in [9.17, 15) is 0 Å². The average molecular weight is 407 g/mol. The van der Waals surface area contributed by atoms with Gasteiger partial charge in [0.05, 0.1) is 17.1 Å². The second-order valence-electron chi connectivity index (χ2n) is 6.75. The minimum Gasteiger partial charge on any atom is -0.255 e. The molecule has 0 amide bonds. The van der Waals surface area contributed by atoms with Gasteiger partial charge in [0.15, 0.2) is 0 Å². The zero-order chi connectivity index (χ0) is 18.6. The number of rotatable bonds is 10. The smallest absolute Gasteiger partial charge is 0.0636 e. The quantitative estimate of drug-likeness (QED) is 0.293. The Labute approximate surface area is 175 Å². The molecule has 0 aliphatic heterocycles. The first-order chi connectivity index (χ1) is 12.8. The minimum atomic E-state index is 0. The van der Waals surface area contributed by atoms with Gasteiger partial charge >= 0.3 is 0 Å². The van der Waals surface area contributed by atoms with Gasteiger partial charge in [-0.25, -0.2) is 0 Å². The van der Waals surface area contributed by atoms with Gasteiger partial charge in [-0.2, -0.15) is 0 Å². The molecule has 2 aromatic carbocycles. The van der Waals surface area contributed by atoms with E-state index in [0.29, 0.717) is 0 Å². The van der Waals surface area contributed by atoms with Gasteiger partial charge in [0.1, 0.15) is 0 Å². The van der Waals surface area contributed by atoms with Crippen LogP contribution < -0.4 is 0 Å². The summed E-state index contributed by atoms with van der Waals surface area (Å²) < 4.78 is 0. The summed E-state index contributed by atoms with van der Waals surface area (Å²) in [4.78, 5) is 9.53. The van der Waals surface area contributed by atoms with Crippen LogP contribution in [0.4, 0.5) is 11.4 Å². The van der Waals surface area contributed by atoms with Crippen molar-refractivity contribution < 1.29 is 16.5 Å². The van der Waals surface area contributed by atoms with Crippen LogP contribution in [-0.2, 0) is 29.3 Å². The number of aryl methyl sites for hydroxylation is 2. The summed E-state index contributed by atoms with van der Waals surface area (Å²) in [6.07, 6.45) is 9.83. The number of para-hydroxylation sites is 1. The number of hydrogen-bond donors (Lipinski definition) is 0. The molecular weight excluding hydrogens is 375 g/mol. The summed E-state index contributed by atoms with van der Waals surface area (Å²) in [5.74, 6) is 0. The van der Waals surface area contributed by atoms with Crippen LogP contribution in [0.25, 0.3) is 0 Å². The van der Waals surface area contributed by atoms with Gasteiger partial charge in [-0.15, -0.1) is 0 Å². The van der Waals surface area contributed by atoms with Gasteiger partial charge in [-0.1, -0.05) is 64.3 Å². The fraction of sp³-hybridized carbons (Fsp3) is 0.417. The van der Waals surface area contributed by atoms with Crippen LogP contribution in [0, 0.1) is 0 Å². The van der Waals surface area contributed by atoms with E-state index in [-0.39, 0.29) is 16.5 Å². The summed E-state index contributed by atoms with van der Waals surface area (Å²) in [5, 5.41) is 0. The maximum atomic E-state index is 4.92. The van der Waals surface area contributed by atoms with Crippen molar-refractivity contribution in [3.63, 3.8) is 0 Å². The molecule has 3 heteroatoms. The van der Waals surface area contributed by atoms with Crippen molar-refractivity contribution in [1.29, 1.82) is 0 Å². The average Bonchev–Trinajstić information content (AvgIpc) is 2.67. The maximum Gasteiger partial charge on any atom is 0.0636 e. The fourth-order valence-electron chi connectivity index (χ4n) is 3.03. The van der Waals surface area contributed by atoms with Crippen LogP contribution in [0.2, 0.25) is 0 Å². The molecule has 2 rings (SSSR count). The topological polar surface area (TPSA) is 24.7 Å². The van der Waals surface area contributed by atoms with E-state index in [1.54, 1.807) is 0 Å². The normalized spacial score (nSPS) is 11.6. The van der Waals surface area contributed by atoms with Crippen LogP contribution in [0.5, 0.6) is 0 Å². The van der Waals surface area contributed by atoms with E-state index in [0.717, 1.165) is 49.2 Å². The third-order valence-corrected chi connectivity index (χ3v) is 4.41. The Hall–Kier alpha value is -1.73. The van der Waals surface area contributed by atoms with Crippen LogP contribution >= 0.6 is 0 Å². The van der Waals surface area contributed by atoms with E-state index >= 15 is 0 Å². The number of nitrogens with zero attached hydrogens (tertiary/aromatic N) is 2. The Kier molecular flexibility index (Phi) is 11.6. The molecule has 2 aromatic rings. The Morgan fingerprint density at radius 3 is 2.19 bits per heavy atom. The minimum absolute atomic E-state index is 0. The van der Waals surface area contributed by atoms with Crippen LogP contribution in [0.3, 0.4) is 0 Å². The molecule has 0 atom stereocenters. The molecule has 0 aliphatic carbocycles. The van der Waals surface area contributed by atoms with Crippen molar-refractivity contribution in [2.45, 2.75) is 65.7 Å². The molecule has 0 aliphatic rings. The van der Waals surface area contributed by atoms with Crippen molar-refractivity contribution in [3.8, 4) is 0 Å². The molecule has 0 saturated carbocycles. The largest absolute Gasteiger partial charge is 0.255 e. The summed E-state index contributed by atoms with van der Waals surface area (Å²) >= 11 is 0. The molecule has 0 aromatic heterocycles. The summed E-state index contributed by atoms with van der Waals surface area (Å²) in [6.45, 7) is 6.69. The predicted molar refractivity (Wildman–Crippen MR) is 116 cm³/mol. The van der Waals surface area contributed by atoms with E-state index in [2.05, 4.69) is 44.0 Å². The first-order valence-electron chi connectivity index (χ1n) is 10.0. The zero-order valence-electron chi connectivity index (χ0n) is 16.9. The molecule has 0 heterocycles. The number of hydrogen-bond acceptors (Lipinski definition) is 2. The SMILES string of the molecule is CCCCC(C=Nc1ccccc1)=Nc1ccc(CCC)c(CCC)c1.[Ni]. The number of unbranched alkanes of at least 4 members (excludes halogenated alkanes) is 1. The molecular formula is C24H32N2Ni. The standard InChI is InChI=1S/C24H32N2.Ni/c1-4-7-13-24(19-25-22-14-9-8-10-15-22)26-23-17-16-20(11-5-2)21(18-23)12-6-3;/h8-10,14-19H,4-7,11-13H2,1-3H3;. The molecule has 0 spiro atoms. The molecule has 148 valence electrons. The first-order valence-corrected chi connectivity index (χ1v) is 10.0. The van der Waals surface area contributed by atoms with Gasteiger partial charge in [0.25, 0.3) is 0 Å². The molecule has 0 bridgehead atoms. The maximum absolute atomic E-state index is 4.92. The monoisotopic (exact) mass is 406 g/mol. The second kappa shape index (κ2) is 13.4. The number of aliphatic imine (C=N–C) groups is 2.